The SMILES string of the molecule is Cc1ccc(C(C)(C)C)cc1C(C)CC(O)CO. The molecule has 1 aromatic rings. The van der Waals surface area contributed by atoms with Crippen LogP contribution in [-0.4, -0.2) is 22.9 Å². The van der Waals surface area contributed by atoms with Crippen molar-refractivity contribution in [1.29, 1.82) is 0 Å². The van der Waals surface area contributed by atoms with Crippen molar-refractivity contribution in [3.63, 3.8) is 0 Å². The Hall–Kier alpha value is -0.860. The number of aliphatic hydroxyl groups is 2. The van der Waals surface area contributed by atoms with E-state index in [9.17, 15) is 5.11 Å². The van der Waals surface area contributed by atoms with Gasteiger partial charge in [-0.1, -0.05) is 45.9 Å². The van der Waals surface area contributed by atoms with E-state index in [1.54, 1.807) is 0 Å². The fraction of sp³-hybridized carbons (Fsp3) is 0.625. The van der Waals surface area contributed by atoms with Gasteiger partial charge in [-0.25, -0.2) is 0 Å². The molecule has 18 heavy (non-hydrogen) atoms. The van der Waals surface area contributed by atoms with Crippen LogP contribution in [0.4, 0.5) is 0 Å². The van der Waals surface area contributed by atoms with Gasteiger partial charge in [0.15, 0.2) is 0 Å². The molecule has 102 valence electrons. The zero-order valence-corrected chi connectivity index (χ0v) is 12.2. The van der Waals surface area contributed by atoms with Gasteiger partial charge in [0, 0.05) is 0 Å². The second-order valence-electron chi connectivity index (χ2n) is 6.29. The molecule has 2 N–H and O–H groups in total. The summed E-state index contributed by atoms with van der Waals surface area (Å²) in [5, 5.41) is 18.5. The monoisotopic (exact) mass is 250 g/mol. The Kier molecular flexibility index (Phi) is 4.94. The van der Waals surface area contributed by atoms with Crippen LogP contribution in [0, 0.1) is 6.92 Å². The van der Waals surface area contributed by atoms with Crippen LogP contribution in [0.25, 0.3) is 0 Å². The van der Waals surface area contributed by atoms with E-state index < -0.39 is 6.10 Å². The summed E-state index contributed by atoms with van der Waals surface area (Å²) in [6.07, 6.45) is -0.0250. The molecular weight excluding hydrogens is 224 g/mol. The van der Waals surface area contributed by atoms with Gasteiger partial charge in [-0.3, -0.25) is 0 Å². The zero-order valence-electron chi connectivity index (χ0n) is 12.2. The fourth-order valence-electron chi connectivity index (χ4n) is 2.25. The molecule has 0 saturated carbocycles. The van der Waals surface area contributed by atoms with Crippen molar-refractivity contribution in [3.05, 3.63) is 34.9 Å². The summed E-state index contributed by atoms with van der Waals surface area (Å²) in [5.74, 6) is 0.259. The number of hydrogen-bond acceptors (Lipinski definition) is 2. The lowest BCUT2D eigenvalue weighted by Crippen LogP contribution is -2.17. The molecule has 0 spiro atoms. The molecule has 2 atom stereocenters. The summed E-state index contributed by atoms with van der Waals surface area (Å²) < 4.78 is 0. The predicted molar refractivity (Wildman–Crippen MR) is 76.0 cm³/mol. The minimum atomic E-state index is -0.627. The molecule has 0 aliphatic rings. The molecule has 2 unspecified atom stereocenters. The van der Waals surface area contributed by atoms with Gasteiger partial charge in [-0.15, -0.1) is 0 Å². The Balaban J connectivity index is 3.00. The van der Waals surface area contributed by atoms with Gasteiger partial charge >= 0.3 is 0 Å². The highest BCUT2D eigenvalue weighted by molar-refractivity contribution is 5.36. The standard InChI is InChI=1S/C16H26O2/c1-11-6-7-13(16(3,4)5)9-15(11)12(2)8-14(18)10-17/h6-7,9,12,14,17-18H,8,10H2,1-5H3. The van der Waals surface area contributed by atoms with Crippen molar-refractivity contribution in [1.82, 2.24) is 0 Å². The average molecular weight is 250 g/mol. The van der Waals surface area contributed by atoms with Gasteiger partial charge in [-0.2, -0.15) is 0 Å². The first-order chi connectivity index (χ1) is 8.25. The van der Waals surface area contributed by atoms with Crippen LogP contribution in [0.15, 0.2) is 18.2 Å². The normalized spacial score (nSPS) is 15.5. The highest BCUT2D eigenvalue weighted by Gasteiger charge is 2.18. The van der Waals surface area contributed by atoms with Gasteiger partial charge in [-0.05, 0) is 41.4 Å². The van der Waals surface area contributed by atoms with E-state index in [2.05, 4.69) is 52.8 Å². The lowest BCUT2D eigenvalue weighted by molar-refractivity contribution is 0.0835. The molecule has 2 heteroatoms. The third-order valence-electron chi connectivity index (χ3n) is 3.51. The van der Waals surface area contributed by atoms with Crippen LogP contribution < -0.4 is 0 Å². The van der Waals surface area contributed by atoms with Crippen LogP contribution >= 0.6 is 0 Å². The Morgan fingerprint density at radius 2 is 1.83 bits per heavy atom. The Labute approximate surface area is 111 Å². The summed E-state index contributed by atoms with van der Waals surface area (Å²) in [4.78, 5) is 0. The average Bonchev–Trinajstić information content (AvgIpc) is 2.27. The molecule has 1 rings (SSSR count). The largest absolute Gasteiger partial charge is 0.394 e. The topological polar surface area (TPSA) is 40.5 Å². The van der Waals surface area contributed by atoms with Crippen molar-refractivity contribution in [2.45, 2.75) is 58.5 Å². The molecule has 0 radical (unpaired) electrons. The van der Waals surface area contributed by atoms with Crippen LogP contribution in [0.3, 0.4) is 0 Å². The molecule has 0 aliphatic heterocycles. The lowest BCUT2D eigenvalue weighted by Gasteiger charge is -2.23. The number of hydrogen-bond donors (Lipinski definition) is 2. The highest BCUT2D eigenvalue weighted by atomic mass is 16.3. The molecule has 0 bridgehead atoms. The van der Waals surface area contributed by atoms with Gasteiger partial charge in [0.25, 0.3) is 0 Å². The number of aliphatic hydroxyl groups excluding tert-OH is 2. The molecule has 2 nitrogen and oxygen atoms in total. The smallest absolute Gasteiger partial charge is 0.0776 e. The first kappa shape index (κ1) is 15.2. The molecular formula is C16H26O2. The van der Waals surface area contributed by atoms with E-state index in [0.29, 0.717) is 6.42 Å². The third-order valence-corrected chi connectivity index (χ3v) is 3.51. The van der Waals surface area contributed by atoms with Crippen LogP contribution in [0.1, 0.15) is 56.7 Å². The summed E-state index contributed by atoms with van der Waals surface area (Å²) in [5.41, 5.74) is 3.97. The molecule has 0 aliphatic carbocycles. The van der Waals surface area contributed by atoms with Gasteiger partial charge in [0.2, 0.25) is 0 Å². The third kappa shape index (κ3) is 3.82. The van der Waals surface area contributed by atoms with E-state index in [0.717, 1.165) is 0 Å². The predicted octanol–water partition coefficient (Wildman–Crippen LogP) is 3.14. The van der Waals surface area contributed by atoms with Crippen molar-refractivity contribution < 1.29 is 10.2 Å². The van der Waals surface area contributed by atoms with Crippen LogP contribution in [0.2, 0.25) is 0 Å². The first-order valence-electron chi connectivity index (χ1n) is 6.65. The van der Waals surface area contributed by atoms with Gasteiger partial charge in [0.05, 0.1) is 12.7 Å². The van der Waals surface area contributed by atoms with Gasteiger partial charge in [0.1, 0.15) is 0 Å². The Morgan fingerprint density at radius 3 is 2.33 bits per heavy atom. The molecule has 1 aromatic carbocycles. The fourth-order valence-corrected chi connectivity index (χ4v) is 2.25. The second-order valence-corrected chi connectivity index (χ2v) is 6.29. The number of benzene rings is 1. The van der Waals surface area contributed by atoms with Crippen molar-refractivity contribution in [2.24, 2.45) is 0 Å². The minimum absolute atomic E-state index is 0.137. The van der Waals surface area contributed by atoms with Crippen LogP contribution in [0.5, 0.6) is 0 Å². The maximum atomic E-state index is 9.56. The number of rotatable bonds is 4. The maximum absolute atomic E-state index is 9.56. The summed E-state index contributed by atoms with van der Waals surface area (Å²) >= 11 is 0. The first-order valence-corrected chi connectivity index (χ1v) is 6.65. The summed E-state index contributed by atoms with van der Waals surface area (Å²) in [7, 11) is 0. The Bertz CT molecular complexity index is 391. The molecule has 0 aromatic heterocycles. The quantitative estimate of drug-likeness (QED) is 0.862. The molecule has 0 amide bonds. The van der Waals surface area contributed by atoms with E-state index in [1.165, 1.54) is 16.7 Å². The Morgan fingerprint density at radius 1 is 1.22 bits per heavy atom. The van der Waals surface area contributed by atoms with E-state index in [1.807, 2.05) is 0 Å². The van der Waals surface area contributed by atoms with E-state index in [4.69, 9.17) is 5.11 Å². The van der Waals surface area contributed by atoms with E-state index >= 15 is 0 Å². The van der Waals surface area contributed by atoms with Gasteiger partial charge < -0.3 is 10.2 Å². The zero-order chi connectivity index (χ0) is 13.9. The van der Waals surface area contributed by atoms with Crippen molar-refractivity contribution >= 4 is 0 Å². The molecule has 0 fully saturated rings. The molecule has 0 heterocycles. The van der Waals surface area contributed by atoms with Crippen molar-refractivity contribution in [2.75, 3.05) is 6.61 Å². The maximum Gasteiger partial charge on any atom is 0.0776 e. The summed E-state index contributed by atoms with van der Waals surface area (Å²) in [6, 6.07) is 6.57. The molecule has 0 saturated heterocycles. The van der Waals surface area contributed by atoms with Crippen LogP contribution in [-0.2, 0) is 5.41 Å². The second kappa shape index (κ2) is 5.85. The van der Waals surface area contributed by atoms with E-state index in [-0.39, 0.29) is 17.9 Å². The highest BCUT2D eigenvalue weighted by Crippen LogP contribution is 2.30. The minimum Gasteiger partial charge on any atom is -0.394 e. The lowest BCUT2D eigenvalue weighted by atomic mass is 9.82. The number of aryl methyl sites for hydroxylation is 1. The van der Waals surface area contributed by atoms with Crippen molar-refractivity contribution in [3.8, 4) is 0 Å². The summed E-state index contributed by atoms with van der Waals surface area (Å²) in [6.45, 7) is 10.7.